The average molecular weight is 243 g/mol. The summed E-state index contributed by atoms with van der Waals surface area (Å²) in [5.74, 6) is 1.70. The minimum absolute atomic E-state index is 0. The molecule has 1 heterocycles. The maximum absolute atomic E-state index is 5.65. The molecular weight excluding hydrogens is 219 g/mol. The SMILES string of the molecule is CC1CC(C)CN(C(C)CN)C1.Cl.Cl. The van der Waals surface area contributed by atoms with Crippen molar-refractivity contribution in [1.29, 1.82) is 0 Å². The lowest BCUT2D eigenvalue weighted by Crippen LogP contribution is -2.46. The van der Waals surface area contributed by atoms with Crippen LogP contribution < -0.4 is 5.73 Å². The van der Waals surface area contributed by atoms with Crippen molar-refractivity contribution >= 4 is 24.8 Å². The second kappa shape index (κ2) is 7.75. The molecule has 88 valence electrons. The topological polar surface area (TPSA) is 29.3 Å². The second-order valence-electron chi connectivity index (χ2n) is 4.48. The molecule has 1 aliphatic rings. The number of nitrogens with two attached hydrogens (primary N) is 1. The van der Waals surface area contributed by atoms with Crippen LogP contribution in [0.4, 0.5) is 0 Å². The summed E-state index contributed by atoms with van der Waals surface area (Å²) >= 11 is 0. The molecule has 0 radical (unpaired) electrons. The van der Waals surface area contributed by atoms with Crippen LogP contribution in [0.15, 0.2) is 0 Å². The fraction of sp³-hybridized carbons (Fsp3) is 1.00. The molecule has 2 nitrogen and oxygen atoms in total. The van der Waals surface area contributed by atoms with Crippen molar-refractivity contribution in [3.8, 4) is 0 Å². The molecule has 1 rings (SSSR count). The van der Waals surface area contributed by atoms with Crippen LogP contribution in [0.1, 0.15) is 27.2 Å². The molecule has 4 heteroatoms. The molecule has 3 unspecified atom stereocenters. The minimum Gasteiger partial charge on any atom is -0.329 e. The van der Waals surface area contributed by atoms with Gasteiger partial charge in [0.25, 0.3) is 0 Å². The normalized spacial score (nSPS) is 30.0. The Hall–Kier alpha value is 0.500. The molecule has 14 heavy (non-hydrogen) atoms. The van der Waals surface area contributed by atoms with Crippen molar-refractivity contribution in [2.75, 3.05) is 19.6 Å². The van der Waals surface area contributed by atoms with Crippen molar-refractivity contribution in [3.63, 3.8) is 0 Å². The second-order valence-corrected chi connectivity index (χ2v) is 4.48. The summed E-state index contributed by atoms with van der Waals surface area (Å²) in [4.78, 5) is 2.53. The largest absolute Gasteiger partial charge is 0.329 e. The molecule has 0 aliphatic carbocycles. The maximum atomic E-state index is 5.65. The van der Waals surface area contributed by atoms with Crippen LogP contribution in [0.5, 0.6) is 0 Å². The Bertz CT molecular complexity index is 134. The van der Waals surface area contributed by atoms with Crippen LogP contribution in [0, 0.1) is 11.8 Å². The third-order valence-corrected chi connectivity index (χ3v) is 2.86. The van der Waals surface area contributed by atoms with Gasteiger partial charge in [0.05, 0.1) is 0 Å². The summed E-state index contributed by atoms with van der Waals surface area (Å²) in [5, 5.41) is 0. The van der Waals surface area contributed by atoms with E-state index in [1.54, 1.807) is 0 Å². The van der Waals surface area contributed by atoms with Crippen LogP contribution in [0.25, 0.3) is 0 Å². The zero-order chi connectivity index (χ0) is 9.14. The lowest BCUT2D eigenvalue weighted by Gasteiger charge is -2.38. The molecule has 0 aromatic carbocycles. The number of likely N-dealkylation sites (tertiary alicyclic amines) is 1. The molecule has 3 atom stereocenters. The number of hydrogen-bond acceptors (Lipinski definition) is 2. The molecule has 1 aliphatic heterocycles. The molecular formula is C10H24Cl2N2. The van der Waals surface area contributed by atoms with Gasteiger partial charge in [0, 0.05) is 25.7 Å². The number of rotatable bonds is 2. The predicted molar refractivity (Wildman–Crippen MR) is 67.5 cm³/mol. The van der Waals surface area contributed by atoms with Gasteiger partial charge in [-0.1, -0.05) is 13.8 Å². The van der Waals surface area contributed by atoms with Crippen LogP contribution in [-0.2, 0) is 0 Å². The number of piperidine rings is 1. The molecule has 0 saturated carbocycles. The van der Waals surface area contributed by atoms with Gasteiger partial charge in [0.1, 0.15) is 0 Å². The molecule has 2 N–H and O–H groups in total. The number of nitrogens with zero attached hydrogens (tertiary/aromatic N) is 1. The van der Waals surface area contributed by atoms with E-state index >= 15 is 0 Å². The summed E-state index contributed by atoms with van der Waals surface area (Å²) in [7, 11) is 0. The van der Waals surface area contributed by atoms with Crippen molar-refractivity contribution in [1.82, 2.24) is 4.90 Å². The molecule has 0 aromatic rings. The third kappa shape index (κ3) is 4.83. The van der Waals surface area contributed by atoms with E-state index in [1.165, 1.54) is 19.5 Å². The first kappa shape index (κ1) is 16.9. The van der Waals surface area contributed by atoms with Gasteiger partial charge in [0.2, 0.25) is 0 Å². The highest BCUT2D eigenvalue weighted by molar-refractivity contribution is 5.85. The Morgan fingerprint density at radius 3 is 2.00 bits per heavy atom. The van der Waals surface area contributed by atoms with Crippen molar-refractivity contribution in [3.05, 3.63) is 0 Å². The van der Waals surface area contributed by atoms with E-state index in [0.717, 1.165) is 18.4 Å². The maximum Gasteiger partial charge on any atom is 0.0190 e. The van der Waals surface area contributed by atoms with Gasteiger partial charge in [-0.3, -0.25) is 4.90 Å². The predicted octanol–water partition coefficient (Wildman–Crippen LogP) is 2.16. The third-order valence-electron chi connectivity index (χ3n) is 2.86. The molecule has 1 fully saturated rings. The summed E-state index contributed by atoms with van der Waals surface area (Å²) < 4.78 is 0. The fourth-order valence-electron chi connectivity index (χ4n) is 2.22. The Balaban J connectivity index is 0. The van der Waals surface area contributed by atoms with E-state index in [9.17, 15) is 0 Å². The monoisotopic (exact) mass is 242 g/mol. The average Bonchev–Trinajstić information content (AvgIpc) is 2.01. The molecule has 1 saturated heterocycles. The van der Waals surface area contributed by atoms with E-state index in [4.69, 9.17) is 5.73 Å². The molecule has 0 bridgehead atoms. The Morgan fingerprint density at radius 2 is 1.64 bits per heavy atom. The molecule has 0 amide bonds. The summed E-state index contributed by atoms with van der Waals surface area (Å²) in [6.45, 7) is 10.2. The van der Waals surface area contributed by atoms with E-state index < -0.39 is 0 Å². The lowest BCUT2D eigenvalue weighted by molar-refractivity contribution is 0.106. The van der Waals surface area contributed by atoms with Gasteiger partial charge in [-0.05, 0) is 25.2 Å². The van der Waals surface area contributed by atoms with E-state index in [1.807, 2.05) is 0 Å². The van der Waals surface area contributed by atoms with Gasteiger partial charge >= 0.3 is 0 Å². The van der Waals surface area contributed by atoms with Gasteiger partial charge in [0.15, 0.2) is 0 Å². The van der Waals surface area contributed by atoms with E-state index in [2.05, 4.69) is 25.7 Å². The highest BCUT2D eigenvalue weighted by atomic mass is 35.5. The zero-order valence-corrected chi connectivity index (χ0v) is 11.0. The van der Waals surface area contributed by atoms with Crippen LogP contribution in [0.3, 0.4) is 0 Å². The fourth-order valence-corrected chi connectivity index (χ4v) is 2.22. The highest BCUT2D eigenvalue weighted by Gasteiger charge is 2.24. The van der Waals surface area contributed by atoms with Gasteiger partial charge in [-0.25, -0.2) is 0 Å². The van der Waals surface area contributed by atoms with Gasteiger partial charge < -0.3 is 5.73 Å². The quantitative estimate of drug-likeness (QED) is 0.805. The van der Waals surface area contributed by atoms with E-state index in [0.29, 0.717) is 6.04 Å². The zero-order valence-electron chi connectivity index (χ0n) is 9.40. The van der Waals surface area contributed by atoms with Crippen LogP contribution in [-0.4, -0.2) is 30.6 Å². The molecule has 0 spiro atoms. The van der Waals surface area contributed by atoms with Gasteiger partial charge in [-0.2, -0.15) is 0 Å². The first-order valence-corrected chi connectivity index (χ1v) is 5.07. The first-order chi connectivity index (χ1) is 5.63. The summed E-state index contributed by atoms with van der Waals surface area (Å²) in [6.07, 6.45) is 1.38. The van der Waals surface area contributed by atoms with Gasteiger partial charge in [-0.15, -0.1) is 24.8 Å². The molecule has 0 aromatic heterocycles. The minimum atomic E-state index is 0. The summed E-state index contributed by atoms with van der Waals surface area (Å²) in [6, 6.07) is 0.565. The Labute approximate surface area is 100 Å². The highest BCUT2D eigenvalue weighted by Crippen LogP contribution is 2.21. The summed E-state index contributed by atoms with van der Waals surface area (Å²) in [5.41, 5.74) is 5.65. The number of halogens is 2. The number of hydrogen-bond donors (Lipinski definition) is 1. The van der Waals surface area contributed by atoms with Crippen molar-refractivity contribution in [2.45, 2.75) is 33.2 Å². The van der Waals surface area contributed by atoms with Crippen LogP contribution >= 0.6 is 24.8 Å². The Morgan fingerprint density at radius 1 is 1.21 bits per heavy atom. The lowest BCUT2D eigenvalue weighted by atomic mass is 9.91. The Kier molecular flexibility index (Phi) is 9.36. The van der Waals surface area contributed by atoms with Crippen LogP contribution in [0.2, 0.25) is 0 Å². The smallest absolute Gasteiger partial charge is 0.0190 e. The first-order valence-electron chi connectivity index (χ1n) is 5.07. The van der Waals surface area contributed by atoms with E-state index in [-0.39, 0.29) is 24.8 Å². The van der Waals surface area contributed by atoms with Crippen molar-refractivity contribution in [2.24, 2.45) is 17.6 Å². The van der Waals surface area contributed by atoms with Crippen molar-refractivity contribution < 1.29 is 0 Å². The standard InChI is InChI=1S/C10H22N2.2ClH/c1-8-4-9(2)7-12(6-8)10(3)5-11;;/h8-10H,4-7,11H2,1-3H3;2*1H.